The molecule has 0 radical (unpaired) electrons. The first-order chi connectivity index (χ1) is 7.20. The van der Waals surface area contributed by atoms with Crippen LogP contribution in [0.2, 0.25) is 0 Å². The molecule has 1 rings (SSSR count). The Kier molecular flexibility index (Phi) is 8.22. The van der Waals surface area contributed by atoms with Gasteiger partial charge in [-0.1, -0.05) is 6.92 Å². The molecule has 0 saturated carbocycles. The molecule has 1 heterocycles. The van der Waals surface area contributed by atoms with Crippen LogP contribution in [0.4, 0.5) is 9.59 Å². The van der Waals surface area contributed by atoms with Gasteiger partial charge in [-0.25, -0.2) is 9.59 Å². The van der Waals surface area contributed by atoms with E-state index in [0.717, 1.165) is 6.42 Å². The Bertz CT molecular complexity index is 183. The highest BCUT2D eigenvalue weighted by Crippen LogP contribution is 1.92. The lowest BCUT2D eigenvalue weighted by atomic mass is 10.5. The summed E-state index contributed by atoms with van der Waals surface area (Å²) in [5.74, 6) is 0. The standard InChI is InChI=1S/C6H12O3.C3H4O3/c1-3-5-9-6(7)8-4-2;4-3-5-1-2-6-3/h3-5H2,1-2H3;1-2H2. The third-order valence-electron chi connectivity index (χ3n) is 1.21. The largest absolute Gasteiger partial charge is 0.508 e. The van der Waals surface area contributed by atoms with Gasteiger partial charge in [0, 0.05) is 0 Å². The second-order valence-electron chi connectivity index (χ2n) is 2.48. The molecule has 0 atom stereocenters. The average Bonchev–Trinajstić information content (AvgIpc) is 2.67. The van der Waals surface area contributed by atoms with Crippen LogP contribution in [0.3, 0.4) is 0 Å². The van der Waals surface area contributed by atoms with Gasteiger partial charge in [0.2, 0.25) is 0 Å². The van der Waals surface area contributed by atoms with Gasteiger partial charge < -0.3 is 18.9 Å². The number of hydrogen-bond donors (Lipinski definition) is 0. The molecule has 0 aromatic heterocycles. The van der Waals surface area contributed by atoms with Crippen molar-refractivity contribution in [1.82, 2.24) is 0 Å². The molecular formula is C9H16O6. The Morgan fingerprint density at radius 3 is 2.20 bits per heavy atom. The number of carbonyl (C=O) groups is 2. The van der Waals surface area contributed by atoms with Gasteiger partial charge in [0.15, 0.2) is 0 Å². The van der Waals surface area contributed by atoms with E-state index in [1.807, 2.05) is 6.92 Å². The van der Waals surface area contributed by atoms with Crippen LogP contribution < -0.4 is 0 Å². The Labute approximate surface area is 88.4 Å². The molecule has 15 heavy (non-hydrogen) atoms. The van der Waals surface area contributed by atoms with E-state index in [2.05, 4.69) is 18.9 Å². The van der Waals surface area contributed by atoms with Crippen LogP contribution >= 0.6 is 0 Å². The van der Waals surface area contributed by atoms with Gasteiger partial charge in [0.1, 0.15) is 13.2 Å². The SMILES string of the molecule is CCCOC(=O)OCC.O=C1OCCO1. The maximum atomic E-state index is 10.4. The van der Waals surface area contributed by atoms with Crippen molar-refractivity contribution < 1.29 is 28.5 Å². The number of ether oxygens (including phenoxy) is 4. The van der Waals surface area contributed by atoms with Crippen LogP contribution in [0.15, 0.2) is 0 Å². The average molecular weight is 220 g/mol. The monoisotopic (exact) mass is 220 g/mol. The minimum Gasteiger partial charge on any atom is -0.435 e. The molecule has 0 unspecified atom stereocenters. The Morgan fingerprint density at radius 1 is 1.27 bits per heavy atom. The smallest absolute Gasteiger partial charge is 0.435 e. The van der Waals surface area contributed by atoms with Gasteiger partial charge in [0.25, 0.3) is 0 Å². The van der Waals surface area contributed by atoms with Crippen molar-refractivity contribution in [2.75, 3.05) is 26.4 Å². The van der Waals surface area contributed by atoms with E-state index in [1.165, 1.54) is 0 Å². The Hall–Kier alpha value is -1.46. The molecular weight excluding hydrogens is 204 g/mol. The van der Waals surface area contributed by atoms with E-state index in [-0.39, 0.29) is 0 Å². The summed E-state index contributed by atoms with van der Waals surface area (Å²) in [5, 5.41) is 0. The third-order valence-corrected chi connectivity index (χ3v) is 1.21. The fourth-order valence-corrected chi connectivity index (χ4v) is 0.637. The zero-order valence-electron chi connectivity index (χ0n) is 8.99. The summed E-state index contributed by atoms with van der Waals surface area (Å²) in [6, 6.07) is 0. The highest BCUT2D eigenvalue weighted by Gasteiger charge is 2.09. The third kappa shape index (κ3) is 8.86. The van der Waals surface area contributed by atoms with E-state index in [4.69, 9.17) is 0 Å². The molecule has 6 heteroatoms. The molecule has 0 aromatic carbocycles. The predicted molar refractivity (Wildman–Crippen MR) is 50.6 cm³/mol. The van der Waals surface area contributed by atoms with Crippen LogP contribution in [-0.4, -0.2) is 38.7 Å². The lowest BCUT2D eigenvalue weighted by Crippen LogP contribution is -2.07. The first kappa shape index (κ1) is 13.5. The second-order valence-corrected chi connectivity index (χ2v) is 2.48. The maximum absolute atomic E-state index is 10.4. The van der Waals surface area contributed by atoms with Crippen molar-refractivity contribution in [2.24, 2.45) is 0 Å². The minimum absolute atomic E-state index is 0.378. The topological polar surface area (TPSA) is 71.1 Å². The molecule has 1 saturated heterocycles. The van der Waals surface area contributed by atoms with Crippen LogP contribution in [0.25, 0.3) is 0 Å². The van der Waals surface area contributed by atoms with E-state index in [0.29, 0.717) is 26.4 Å². The lowest BCUT2D eigenvalue weighted by molar-refractivity contribution is 0.0592. The number of carbonyl (C=O) groups excluding carboxylic acids is 2. The van der Waals surface area contributed by atoms with Gasteiger partial charge in [-0.05, 0) is 13.3 Å². The van der Waals surface area contributed by atoms with E-state index in [9.17, 15) is 9.59 Å². The number of hydrogen-bond acceptors (Lipinski definition) is 6. The highest BCUT2D eigenvalue weighted by atomic mass is 16.8. The van der Waals surface area contributed by atoms with Gasteiger partial charge >= 0.3 is 12.3 Å². The molecule has 0 aromatic rings. The van der Waals surface area contributed by atoms with Crippen LogP contribution in [0.1, 0.15) is 20.3 Å². The fourth-order valence-electron chi connectivity index (χ4n) is 0.637. The van der Waals surface area contributed by atoms with Crippen molar-refractivity contribution in [3.8, 4) is 0 Å². The maximum Gasteiger partial charge on any atom is 0.508 e. The molecule has 1 aliphatic heterocycles. The molecule has 1 aliphatic rings. The molecule has 6 nitrogen and oxygen atoms in total. The summed E-state index contributed by atoms with van der Waals surface area (Å²) in [4.78, 5) is 20.2. The molecule has 0 aliphatic carbocycles. The van der Waals surface area contributed by atoms with Crippen LogP contribution in [0, 0.1) is 0 Å². The second kappa shape index (κ2) is 9.11. The Morgan fingerprint density at radius 2 is 1.87 bits per heavy atom. The van der Waals surface area contributed by atoms with Gasteiger partial charge in [0.05, 0.1) is 13.2 Å². The predicted octanol–water partition coefficient (Wildman–Crippen LogP) is 1.72. The minimum atomic E-state index is -0.570. The van der Waals surface area contributed by atoms with Crippen LogP contribution in [0.5, 0.6) is 0 Å². The molecule has 0 spiro atoms. The van der Waals surface area contributed by atoms with Crippen molar-refractivity contribution >= 4 is 12.3 Å². The molecule has 1 fully saturated rings. The van der Waals surface area contributed by atoms with Gasteiger partial charge in [-0.15, -0.1) is 0 Å². The van der Waals surface area contributed by atoms with Crippen molar-refractivity contribution in [1.29, 1.82) is 0 Å². The summed E-state index contributed by atoms with van der Waals surface area (Å²) in [6.45, 7) is 5.32. The highest BCUT2D eigenvalue weighted by molar-refractivity contribution is 5.61. The quantitative estimate of drug-likeness (QED) is 0.674. The molecule has 0 N–H and O–H groups in total. The molecule has 88 valence electrons. The summed E-state index contributed by atoms with van der Waals surface area (Å²) in [7, 11) is 0. The lowest BCUT2D eigenvalue weighted by Gasteiger charge is -2.00. The van der Waals surface area contributed by atoms with Crippen LogP contribution in [-0.2, 0) is 18.9 Å². The van der Waals surface area contributed by atoms with Crippen molar-refractivity contribution in [3.63, 3.8) is 0 Å². The summed E-state index contributed by atoms with van der Waals surface area (Å²) >= 11 is 0. The zero-order valence-corrected chi connectivity index (χ0v) is 8.99. The molecule has 0 bridgehead atoms. The summed E-state index contributed by atoms with van der Waals surface area (Å²) in [5.41, 5.74) is 0. The summed E-state index contributed by atoms with van der Waals surface area (Å²) < 4.78 is 17.6. The summed E-state index contributed by atoms with van der Waals surface area (Å²) in [6.07, 6.45) is -0.284. The van der Waals surface area contributed by atoms with Gasteiger partial charge in [-0.3, -0.25) is 0 Å². The van der Waals surface area contributed by atoms with E-state index in [1.54, 1.807) is 6.92 Å². The first-order valence-electron chi connectivity index (χ1n) is 4.79. The first-order valence-corrected chi connectivity index (χ1v) is 4.79. The normalized spacial score (nSPS) is 13.1. The van der Waals surface area contributed by atoms with Crippen molar-refractivity contribution in [3.05, 3.63) is 0 Å². The van der Waals surface area contributed by atoms with Crippen molar-refractivity contribution in [2.45, 2.75) is 20.3 Å². The van der Waals surface area contributed by atoms with Gasteiger partial charge in [-0.2, -0.15) is 0 Å². The Balaban J connectivity index is 0.000000280. The number of cyclic esters (lactones) is 2. The molecule has 0 amide bonds. The number of rotatable bonds is 3. The zero-order chi connectivity index (χ0) is 11.5. The fraction of sp³-hybridized carbons (Fsp3) is 0.778. The van der Waals surface area contributed by atoms with E-state index < -0.39 is 12.3 Å². The van der Waals surface area contributed by atoms with E-state index >= 15 is 0 Å².